The van der Waals surface area contributed by atoms with Crippen LogP contribution in [0, 0.1) is 17.8 Å². The Labute approximate surface area is 144 Å². The molecule has 1 aromatic rings. The second-order valence-corrected chi connectivity index (χ2v) is 9.29. The highest BCUT2D eigenvalue weighted by molar-refractivity contribution is 5.33. The first-order valence-electron chi connectivity index (χ1n) is 10.1. The minimum Gasteiger partial charge on any atom is -0.267 e. The number of benzene rings is 1. The van der Waals surface area contributed by atoms with E-state index in [0.717, 1.165) is 17.8 Å². The van der Waals surface area contributed by atoms with Gasteiger partial charge in [-0.1, -0.05) is 29.5 Å². The summed E-state index contributed by atoms with van der Waals surface area (Å²) in [7, 11) is 0. The van der Waals surface area contributed by atoms with Crippen molar-refractivity contribution >= 4 is 0 Å². The van der Waals surface area contributed by atoms with E-state index in [2.05, 4.69) is 29.3 Å². The molecule has 24 heavy (non-hydrogen) atoms. The SMILES string of the molecule is c1ccc2c(c1)CCC[C@@H]1[C@@H]2N=NN1C12CC3CC(CC(C3)C1)C2. The Morgan fingerprint density at radius 2 is 1.67 bits per heavy atom. The molecule has 7 rings (SSSR count). The maximum Gasteiger partial charge on any atom is 0.120 e. The van der Waals surface area contributed by atoms with Crippen molar-refractivity contribution in [2.24, 2.45) is 28.1 Å². The summed E-state index contributed by atoms with van der Waals surface area (Å²) < 4.78 is 0. The minimum absolute atomic E-state index is 0.289. The van der Waals surface area contributed by atoms with Gasteiger partial charge in [-0.05, 0) is 86.7 Å². The van der Waals surface area contributed by atoms with Crippen LogP contribution in [-0.4, -0.2) is 16.6 Å². The molecule has 0 amide bonds. The molecule has 2 atom stereocenters. The van der Waals surface area contributed by atoms with Gasteiger partial charge in [0, 0.05) is 0 Å². The van der Waals surface area contributed by atoms with Crippen LogP contribution in [0.5, 0.6) is 0 Å². The molecular formula is C21H27N3. The van der Waals surface area contributed by atoms with E-state index in [1.165, 1.54) is 68.9 Å². The molecule has 0 saturated heterocycles. The standard InChI is InChI=1S/C21H27N3/c1-2-6-18-17(4-1)5-3-7-19-20(18)22-23-24(19)21-11-14-8-15(12-21)10-16(9-14)13-21/h1-2,4,6,14-16,19-20H,3,5,7-13H2/t14?,15?,16?,19-,20-,21?/m1/s1. The number of hydrogen-bond donors (Lipinski definition) is 0. The Balaban J connectivity index is 1.37. The molecule has 3 nitrogen and oxygen atoms in total. The molecule has 0 spiro atoms. The van der Waals surface area contributed by atoms with Crippen LogP contribution in [0.3, 0.4) is 0 Å². The van der Waals surface area contributed by atoms with Crippen molar-refractivity contribution < 1.29 is 0 Å². The van der Waals surface area contributed by atoms with E-state index in [1.54, 1.807) is 0 Å². The van der Waals surface area contributed by atoms with Gasteiger partial charge in [0.1, 0.15) is 6.04 Å². The van der Waals surface area contributed by atoms with Gasteiger partial charge in [0.25, 0.3) is 0 Å². The van der Waals surface area contributed by atoms with Gasteiger partial charge in [-0.15, -0.1) is 0 Å². The summed E-state index contributed by atoms with van der Waals surface area (Å²) in [5, 5.41) is 12.3. The van der Waals surface area contributed by atoms with Crippen molar-refractivity contribution in [3.8, 4) is 0 Å². The molecule has 0 radical (unpaired) electrons. The lowest BCUT2D eigenvalue weighted by atomic mass is 9.52. The second-order valence-electron chi connectivity index (χ2n) is 9.29. The van der Waals surface area contributed by atoms with Gasteiger partial charge in [0.05, 0.1) is 11.6 Å². The maximum absolute atomic E-state index is 4.87. The number of rotatable bonds is 1. The fourth-order valence-electron chi connectivity index (χ4n) is 7.28. The first-order valence-corrected chi connectivity index (χ1v) is 10.1. The Morgan fingerprint density at radius 3 is 2.42 bits per heavy atom. The summed E-state index contributed by atoms with van der Waals surface area (Å²) in [6, 6.07) is 9.79. The number of nitrogens with zero attached hydrogens (tertiary/aromatic N) is 3. The molecular weight excluding hydrogens is 294 g/mol. The lowest BCUT2D eigenvalue weighted by Gasteiger charge is -2.59. The van der Waals surface area contributed by atoms with Crippen molar-refractivity contribution in [3.05, 3.63) is 35.4 Å². The predicted molar refractivity (Wildman–Crippen MR) is 93.5 cm³/mol. The van der Waals surface area contributed by atoms with Crippen LogP contribution in [-0.2, 0) is 6.42 Å². The summed E-state index contributed by atoms with van der Waals surface area (Å²) in [6.45, 7) is 0. The number of hydrogen-bond acceptors (Lipinski definition) is 3. The highest BCUT2D eigenvalue weighted by atomic mass is 15.6. The molecule has 126 valence electrons. The third-order valence-corrected chi connectivity index (χ3v) is 7.76. The maximum atomic E-state index is 4.87. The Hall–Kier alpha value is -1.38. The van der Waals surface area contributed by atoms with Gasteiger partial charge >= 0.3 is 0 Å². The molecule has 4 saturated carbocycles. The molecule has 5 aliphatic carbocycles. The van der Waals surface area contributed by atoms with Gasteiger partial charge in [-0.25, -0.2) is 0 Å². The molecule has 1 aromatic carbocycles. The molecule has 6 aliphatic rings. The first kappa shape index (κ1) is 13.9. The Kier molecular flexibility index (Phi) is 2.79. The molecule has 4 bridgehead atoms. The highest BCUT2D eigenvalue weighted by Crippen LogP contribution is 2.60. The van der Waals surface area contributed by atoms with Crippen LogP contribution >= 0.6 is 0 Å². The van der Waals surface area contributed by atoms with Crippen LogP contribution in [0.1, 0.15) is 68.5 Å². The summed E-state index contributed by atoms with van der Waals surface area (Å²) in [4.78, 5) is 0. The van der Waals surface area contributed by atoms with E-state index < -0.39 is 0 Å². The van der Waals surface area contributed by atoms with Crippen LogP contribution in [0.25, 0.3) is 0 Å². The summed E-state index contributed by atoms with van der Waals surface area (Å²) in [6.07, 6.45) is 12.4. The van der Waals surface area contributed by atoms with Crippen molar-refractivity contribution in [2.45, 2.75) is 75.4 Å². The quantitative estimate of drug-likeness (QED) is 0.708. The average molecular weight is 321 g/mol. The van der Waals surface area contributed by atoms with Gasteiger partial charge < -0.3 is 0 Å². The predicted octanol–water partition coefficient (Wildman–Crippen LogP) is 5.08. The van der Waals surface area contributed by atoms with E-state index in [0.29, 0.717) is 11.6 Å². The van der Waals surface area contributed by atoms with E-state index >= 15 is 0 Å². The zero-order valence-corrected chi connectivity index (χ0v) is 14.4. The number of aryl methyl sites for hydroxylation is 1. The van der Waals surface area contributed by atoms with Crippen molar-refractivity contribution in [1.29, 1.82) is 0 Å². The monoisotopic (exact) mass is 321 g/mol. The van der Waals surface area contributed by atoms with E-state index in [4.69, 9.17) is 10.3 Å². The Morgan fingerprint density at radius 1 is 0.958 bits per heavy atom. The topological polar surface area (TPSA) is 28.0 Å². The summed E-state index contributed by atoms with van der Waals surface area (Å²) in [5.74, 6) is 2.93. The van der Waals surface area contributed by atoms with Crippen LogP contribution in [0.15, 0.2) is 34.6 Å². The normalized spacial score (nSPS) is 45.2. The van der Waals surface area contributed by atoms with E-state index in [1.807, 2.05) is 0 Å². The molecule has 0 aromatic heterocycles. The number of fused-ring (bicyclic) bond motifs is 3. The lowest BCUT2D eigenvalue weighted by molar-refractivity contribution is -0.102. The fourth-order valence-corrected chi connectivity index (χ4v) is 7.28. The zero-order valence-electron chi connectivity index (χ0n) is 14.4. The van der Waals surface area contributed by atoms with Crippen molar-refractivity contribution in [2.75, 3.05) is 0 Å². The highest BCUT2D eigenvalue weighted by Gasteiger charge is 2.57. The summed E-state index contributed by atoms with van der Waals surface area (Å²) in [5.41, 5.74) is 3.32. The molecule has 3 heteroatoms. The first-order chi connectivity index (χ1) is 11.8. The van der Waals surface area contributed by atoms with Crippen LogP contribution < -0.4 is 0 Å². The largest absolute Gasteiger partial charge is 0.267 e. The van der Waals surface area contributed by atoms with Gasteiger partial charge in [0.2, 0.25) is 0 Å². The average Bonchev–Trinajstić information content (AvgIpc) is 2.91. The molecule has 0 unspecified atom stereocenters. The van der Waals surface area contributed by atoms with Gasteiger partial charge in [-0.3, -0.25) is 5.01 Å². The smallest absolute Gasteiger partial charge is 0.120 e. The molecule has 0 N–H and O–H groups in total. The van der Waals surface area contributed by atoms with E-state index in [9.17, 15) is 0 Å². The Bertz CT molecular complexity index is 659. The fraction of sp³-hybridized carbons (Fsp3) is 0.714. The minimum atomic E-state index is 0.289. The molecule has 1 aliphatic heterocycles. The van der Waals surface area contributed by atoms with Crippen LogP contribution in [0.4, 0.5) is 0 Å². The van der Waals surface area contributed by atoms with Gasteiger partial charge in [-0.2, -0.15) is 5.11 Å². The molecule has 1 heterocycles. The van der Waals surface area contributed by atoms with Crippen molar-refractivity contribution in [1.82, 2.24) is 5.01 Å². The second kappa shape index (κ2) is 4.83. The lowest BCUT2D eigenvalue weighted by Crippen LogP contribution is -2.60. The summed E-state index contributed by atoms with van der Waals surface area (Å²) >= 11 is 0. The van der Waals surface area contributed by atoms with E-state index in [-0.39, 0.29) is 6.04 Å². The third kappa shape index (κ3) is 1.84. The molecule has 4 fully saturated rings. The van der Waals surface area contributed by atoms with Crippen molar-refractivity contribution in [3.63, 3.8) is 0 Å². The van der Waals surface area contributed by atoms with Gasteiger partial charge in [0.15, 0.2) is 0 Å². The van der Waals surface area contributed by atoms with Crippen LogP contribution in [0.2, 0.25) is 0 Å². The third-order valence-electron chi connectivity index (χ3n) is 7.76. The zero-order chi connectivity index (χ0) is 15.7.